The maximum atomic E-state index is 13.3. The van der Waals surface area contributed by atoms with Crippen LogP contribution in [0.15, 0.2) is 36.4 Å². The van der Waals surface area contributed by atoms with Gasteiger partial charge in [-0.1, -0.05) is 29.7 Å². The normalized spacial score (nSPS) is 10.6. The summed E-state index contributed by atoms with van der Waals surface area (Å²) < 4.78 is 24.0. The molecule has 0 radical (unpaired) electrons. The smallest absolute Gasteiger partial charge is 0.181 e. The Bertz CT molecular complexity index is 863. The zero-order valence-electron chi connectivity index (χ0n) is 12.8. The largest absolute Gasteiger partial charge is 0.493 e. The molecule has 3 nitrogen and oxygen atoms in total. The van der Waals surface area contributed by atoms with Crippen LogP contribution in [0.4, 0.5) is 4.39 Å². The van der Waals surface area contributed by atoms with Crippen LogP contribution < -0.4 is 9.47 Å². The van der Waals surface area contributed by atoms with Crippen LogP contribution in [0.3, 0.4) is 0 Å². The first-order valence-electron chi connectivity index (χ1n) is 6.90. The van der Waals surface area contributed by atoms with E-state index >= 15 is 0 Å². The lowest BCUT2D eigenvalue weighted by atomic mass is 10.0. The number of hydrogen-bond acceptors (Lipinski definition) is 3. The summed E-state index contributed by atoms with van der Waals surface area (Å²) in [6, 6.07) is 11.1. The summed E-state index contributed by atoms with van der Waals surface area (Å²) >= 11 is 6.20. The number of rotatable bonds is 5. The van der Waals surface area contributed by atoms with Crippen LogP contribution in [0.1, 0.15) is 11.1 Å². The van der Waals surface area contributed by atoms with E-state index in [1.807, 2.05) is 0 Å². The van der Waals surface area contributed by atoms with Gasteiger partial charge in [0.1, 0.15) is 12.4 Å². The Morgan fingerprint density at radius 3 is 2.79 bits per heavy atom. The number of benzene rings is 2. The van der Waals surface area contributed by atoms with Gasteiger partial charge in [-0.05, 0) is 41.5 Å². The quantitative estimate of drug-likeness (QED) is 0.454. The number of hydrogen-bond donors (Lipinski definition) is 0. The van der Waals surface area contributed by atoms with Crippen LogP contribution in [0.5, 0.6) is 11.5 Å². The van der Waals surface area contributed by atoms with E-state index in [4.69, 9.17) is 27.5 Å². The highest BCUT2D eigenvalue weighted by Gasteiger charge is 2.12. The summed E-state index contributed by atoms with van der Waals surface area (Å²) in [5, 5.41) is 9.64. The molecule has 0 fully saturated rings. The first-order valence-corrected chi connectivity index (χ1v) is 7.28. The number of nitrogens with zero attached hydrogens (tertiary/aromatic N) is 1. The van der Waals surface area contributed by atoms with Gasteiger partial charge in [-0.2, -0.15) is 5.26 Å². The Hall–Kier alpha value is -2.95. The van der Waals surface area contributed by atoms with Crippen molar-refractivity contribution in [2.45, 2.75) is 0 Å². The molecular formula is C19H13ClFNO2. The third kappa shape index (κ3) is 4.07. The summed E-state index contributed by atoms with van der Waals surface area (Å²) in [7, 11) is 1.47. The fourth-order valence-electron chi connectivity index (χ4n) is 2.08. The Balaban J connectivity index is 2.46. The monoisotopic (exact) mass is 341 g/mol. The molecule has 0 aliphatic carbocycles. The van der Waals surface area contributed by atoms with Crippen LogP contribution in [0, 0.1) is 29.5 Å². The summed E-state index contributed by atoms with van der Waals surface area (Å²) in [4.78, 5) is 0. The topological polar surface area (TPSA) is 42.2 Å². The van der Waals surface area contributed by atoms with Crippen molar-refractivity contribution in [1.29, 1.82) is 5.26 Å². The van der Waals surface area contributed by atoms with Crippen molar-refractivity contribution in [3.63, 3.8) is 0 Å². The Morgan fingerprint density at radius 2 is 2.17 bits per heavy atom. The van der Waals surface area contributed by atoms with Crippen molar-refractivity contribution in [2.24, 2.45) is 0 Å². The lowest BCUT2D eigenvalue weighted by Crippen LogP contribution is -1.98. The van der Waals surface area contributed by atoms with Gasteiger partial charge in [0.2, 0.25) is 0 Å². The number of ether oxygens (including phenoxy) is 2. The van der Waals surface area contributed by atoms with E-state index in [2.05, 4.69) is 12.0 Å². The first-order chi connectivity index (χ1) is 11.6. The second kappa shape index (κ2) is 8.06. The molecule has 2 rings (SSSR count). The molecule has 0 spiro atoms. The van der Waals surface area contributed by atoms with Crippen LogP contribution >= 0.6 is 11.6 Å². The fraction of sp³-hybridized carbons (Fsp3) is 0.105. The van der Waals surface area contributed by atoms with Crippen molar-refractivity contribution in [1.82, 2.24) is 0 Å². The van der Waals surface area contributed by atoms with Crippen molar-refractivity contribution >= 4 is 23.3 Å². The summed E-state index contributed by atoms with van der Waals surface area (Å²) in [5.41, 5.74) is 1.39. The molecule has 0 aliphatic rings. The van der Waals surface area contributed by atoms with Gasteiger partial charge in [-0.3, -0.25) is 0 Å². The van der Waals surface area contributed by atoms with Gasteiger partial charge in [0.15, 0.2) is 11.5 Å². The van der Waals surface area contributed by atoms with Gasteiger partial charge in [-0.15, -0.1) is 6.42 Å². The highest BCUT2D eigenvalue weighted by Crippen LogP contribution is 2.37. The van der Waals surface area contributed by atoms with Crippen molar-refractivity contribution < 1.29 is 13.9 Å². The van der Waals surface area contributed by atoms with Crippen LogP contribution in [-0.4, -0.2) is 13.7 Å². The average Bonchev–Trinajstić information content (AvgIpc) is 2.58. The number of terminal acetylenes is 1. The van der Waals surface area contributed by atoms with Crippen molar-refractivity contribution in [3.8, 4) is 29.9 Å². The number of nitriles is 1. The molecule has 120 valence electrons. The molecule has 2 aromatic carbocycles. The van der Waals surface area contributed by atoms with E-state index in [1.54, 1.807) is 30.3 Å². The molecular weight excluding hydrogens is 329 g/mol. The number of methoxy groups -OCH3 is 1. The van der Waals surface area contributed by atoms with E-state index in [0.29, 0.717) is 33.2 Å². The lowest BCUT2D eigenvalue weighted by Gasteiger charge is -2.12. The van der Waals surface area contributed by atoms with Gasteiger partial charge in [0.05, 0.1) is 23.8 Å². The lowest BCUT2D eigenvalue weighted by molar-refractivity contribution is 0.331. The maximum Gasteiger partial charge on any atom is 0.181 e. The van der Waals surface area contributed by atoms with E-state index in [9.17, 15) is 9.65 Å². The standard InChI is InChI=1S/C19H13ClFNO2/c1-3-7-24-19-17(20)9-13(10-18(19)23-2)8-15(12-22)14-5-4-6-16(21)11-14/h1,4-6,8-11H,7H2,2H3/b15-8-. The molecule has 0 saturated heterocycles. The predicted octanol–water partition coefficient (Wildman–Crippen LogP) is 4.56. The predicted molar refractivity (Wildman–Crippen MR) is 92.2 cm³/mol. The van der Waals surface area contributed by atoms with Crippen molar-refractivity contribution in [2.75, 3.05) is 13.7 Å². The highest BCUT2D eigenvalue weighted by molar-refractivity contribution is 6.32. The van der Waals surface area contributed by atoms with Crippen molar-refractivity contribution in [3.05, 3.63) is 58.4 Å². The minimum atomic E-state index is -0.415. The van der Waals surface area contributed by atoms with Crippen LogP contribution in [0.2, 0.25) is 5.02 Å². The molecule has 5 heteroatoms. The number of allylic oxidation sites excluding steroid dienone is 1. The maximum absolute atomic E-state index is 13.3. The Kier molecular flexibility index (Phi) is 5.84. The van der Waals surface area contributed by atoms with Gasteiger partial charge in [0, 0.05) is 0 Å². The van der Waals surface area contributed by atoms with E-state index in [-0.39, 0.29) is 6.61 Å². The first kappa shape index (κ1) is 17.4. The molecule has 0 bridgehead atoms. The van der Waals surface area contributed by atoms with Crippen LogP contribution in [0.25, 0.3) is 11.6 Å². The molecule has 24 heavy (non-hydrogen) atoms. The average molecular weight is 342 g/mol. The molecule has 0 amide bonds. The van der Waals surface area contributed by atoms with E-state index < -0.39 is 5.82 Å². The summed E-state index contributed by atoms with van der Waals surface area (Å²) in [6.45, 7) is 0.0536. The Labute approximate surface area is 144 Å². The molecule has 0 unspecified atom stereocenters. The molecule has 0 heterocycles. The SMILES string of the molecule is C#CCOc1c(Cl)cc(/C=C(/C#N)c2cccc(F)c2)cc1OC. The molecule has 0 saturated carbocycles. The molecule has 0 aromatic heterocycles. The second-order valence-corrected chi connectivity index (χ2v) is 5.11. The van der Waals surface area contributed by atoms with Gasteiger partial charge in [-0.25, -0.2) is 4.39 Å². The van der Waals surface area contributed by atoms with E-state index in [0.717, 1.165) is 0 Å². The highest BCUT2D eigenvalue weighted by atomic mass is 35.5. The Morgan fingerprint density at radius 1 is 1.38 bits per heavy atom. The summed E-state index contributed by atoms with van der Waals surface area (Å²) in [5.74, 6) is 2.66. The molecule has 0 N–H and O–H groups in total. The fourth-order valence-corrected chi connectivity index (χ4v) is 2.35. The van der Waals surface area contributed by atoms with Gasteiger partial charge in [0.25, 0.3) is 0 Å². The molecule has 0 aliphatic heterocycles. The van der Waals surface area contributed by atoms with Gasteiger partial charge < -0.3 is 9.47 Å². The zero-order valence-corrected chi connectivity index (χ0v) is 13.6. The minimum absolute atomic E-state index is 0.0536. The second-order valence-electron chi connectivity index (χ2n) is 4.71. The minimum Gasteiger partial charge on any atom is -0.493 e. The van der Waals surface area contributed by atoms with Gasteiger partial charge >= 0.3 is 0 Å². The van der Waals surface area contributed by atoms with E-state index in [1.165, 1.54) is 19.2 Å². The summed E-state index contributed by atoms with van der Waals surface area (Å²) in [6.07, 6.45) is 6.76. The zero-order chi connectivity index (χ0) is 17.5. The third-order valence-corrected chi connectivity index (χ3v) is 3.40. The van der Waals surface area contributed by atoms with Crippen LogP contribution in [-0.2, 0) is 0 Å². The molecule has 2 aromatic rings. The molecule has 0 atom stereocenters. The number of halogens is 2. The third-order valence-electron chi connectivity index (χ3n) is 3.12.